The van der Waals surface area contributed by atoms with E-state index >= 15 is 0 Å². The van der Waals surface area contributed by atoms with E-state index in [1.165, 1.54) is 25.7 Å². The molecule has 1 aliphatic carbocycles. The van der Waals surface area contributed by atoms with E-state index in [0.29, 0.717) is 23.9 Å². The van der Waals surface area contributed by atoms with Crippen LogP contribution in [0.4, 0.5) is 4.79 Å². The number of hydrogen-bond donors (Lipinski definition) is 2. The molecule has 1 aliphatic rings. The minimum absolute atomic E-state index is 0.291. The molecule has 4 heteroatoms. The SMILES string of the molecule is CC(C)C(CNC(=O)OC(C)(C)C)CNC1(C)CCCC1. The largest absolute Gasteiger partial charge is 0.444 e. The molecule has 124 valence electrons. The minimum Gasteiger partial charge on any atom is -0.444 e. The first-order valence-electron chi connectivity index (χ1n) is 8.33. The van der Waals surface area contributed by atoms with Crippen molar-refractivity contribution in [1.82, 2.24) is 10.6 Å². The van der Waals surface area contributed by atoms with Gasteiger partial charge in [0.1, 0.15) is 5.60 Å². The lowest BCUT2D eigenvalue weighted by Gasteiger charge is -2.30. The van der Waals surface area contributed by atoms with Crippen molar-refractivity contribution < 1.29 is 9.53 Å². The van der Waals surface area contributed by atoms with Crippen LogP contribution in [-0.4, -0.2) is 30.3 Å². The van der Waals surface area contributed by atoms with Crippen molar-refractivity contribution in [2.24, 2.45) is 11.8 Å². The maximum Gasteiger partial charge on any atom is 0.407 e. The molecule has 0 radical (unpaired) electrons. The molecule has 1 amide bonds. The molecule has 0 heterocycles. The highest BCUT2D eigenvalue weighted by Crippen LogP contribution is 2.29. The number of nitrogens with one attached hydrogen (secondary N) is 2. The molecule has 1 unspecified atom stereocenters. The highest BCUT2D eigenvalue weighted by molar-refractivity contribution is 5.67. The summed E-state index contributed by atoms with van der Waals surface area (Å²) < 4.78 is 5.30. The van der Waals surface area contributed by atoms with Gasteiger partial charge >= 0.3 is 6.09 Å². The van der Waals surface area contributed by atoms with Gasteiger partial charge in [-0.3, -0.25) is 0 Å². The number of carbonyl (C=O) groups excluding carboxylic acids is 1. The molecule has 0 aromatic rings. The van der Waals surface area contributed by atoms with Gasteiger partial charge in [0.15, 0.2) is 0 Å². The molecule has 0 spiro atoms. The van der Waals surface area contributed by atoms with Gasteiger partial charge in [0.25, 0.3) is 0 Å². The van der Waals surface area contributed by atoms with Crippen LogP contribution < -0.4 is 10.6 Å². The lowest BCUT2D eigenvalue weighted by Crippen LogP contribution is -2.46. The molecular formula is C17H34N2O2. The first kappa shape index (κ1) is 18.3. The smallest absolute Gasteiger partial charge is 0.407 e. The average Bonchev–Trinajstić information content (AvgIpc) is 2.73. The molecule has 0 aromatic carbocycles. The van der Waals surface area contributed by atoms with E-state index < -0.39 is 5.60 Å². The van der Waals surface area contributed by atoms with E-state index in [4.69, 9.17) is 4.74 Å². The molecule has 1 rings (SSSR count). The number of carbonyl (C=O) groups is 1. The van der Waals surface area contributed by atoms with Gasteiger partial charge in [0.2, 0.25) is 0 Å². The fraction of sp³-hybridized carbons (Fsp3) is 0.941. The molecule has 1 fully saturated rings. The molecule has 2 N–H and O–H groups in total. The molecule has 21 heavy (non-hydrogen) atoms. The van der Waals surface area contributed by atoms with Crippen LogP contribution in [0.3, 0.4) is 0 Å². The van der Waals surface area contributed by atoms with Crippen LogP contribution in [0.5, 0.6) is 0 Å². The van der Waals surface area contributed by atoms with E-state index in [1.54, 1.807) is 0 Å². The van der Waals surface area contributed by atoms with Gasteiger partial charge in [-0.2, -0.15) is 0 Å². The van der Waals surface area contributed by atoms with Crippen LogP contribution in [0.1, 0.15) is 67.2 Å². The second-order valence-electron chi connectivity index (χ2n) is 8.04. The van der Waals surface area contributed by atoms with Gasteiger partial charge in [0.05, 0.1) is 0 Å². The zero-order chi connectivity index (χ0) is 16.1. The third-order valence-corrected chi connectivity index (χ3v) is 4.35. The van der Waals surface area contributed by atoms with Crippen molar-refractivity contribution in [2.45, 2.75) is 78.4 Å². The summed E-state index contributed by atoms with van der Waals surface area (Å²) in [7, 11) is 0. The van der Waals surface area contributed by atoms with E-state index in [-0.39, 0.29) is 6.09 Å². The van der Waals surface area contributed by atoms with Crippen molar-refractivity contribution in [3.8, 4) is 0 Å². The van der Waals surface area contributed by atoms with Gasteiger partial charge in [-0.05, 0) is 52.4 Å². The summed E-state index contributed by atoms with van der Waals surface area (Å²) in [5.74, 6) is 0.951. The third-order valence-electron chi connectivity index (χ3n) is 4.35. The van der Waals surface area contributed by atoms with Crippen molar-refractivity contribution in [3.63, 3.8) is 0 Å². The monoisotopic (exact) mass is 298 g/mol. The Morgan fingerprint density at radius 1 is 1.19 bits per heavy atom. The Morgan fingerprint density at radius 2 is 1.76 bits per heavy atom. The molecule has 0 aliphatic heterocycles. The number of rotatable bonds is 6. The van der Waals surface area contributed by atoms with Crippen LogP contribution in [0, 0.1) is 11.8 Å². The third kappa shape index (κ3) is 7.16. The van der Waals surface area contributed by atoms with E-state index in [1.807, 2.05) is 20.8 Å². The molecule has 0 bridgehead atoms. The fourth-order valence-corrected chi connectivity index (χ4v) is 2.78. The van der Waals surface area contributed by atoms with E-state index in [9.17, 15) is 4.79 Å². The van der Waals surface area contributed by atoms with Crippen molar-refractivity contribution in [2.75, 3.05) is 13.1 Å². The Morgan fingerprint density at radius 3 is 2.24 bits per heavy atom. The molecule has 1 atom stereocenters. The van der Waals surface area contributed by atoms with E-state index in [0.717, 1.165) is 6.54 Å². The average molecular weight is 298 g/mol. The molecular weight excluding hydrogens is 264 g/mol. The highest BCUT2D eigenvalue weighted by atomic mass is 16.6. The highest BCUT2D eigenvalue weighted by Gasteiger charge is 2.29. The maximum absolute atomic E-state index is 11.8. The van der Waals surface area contributed by atoms with Crippen molar-refractivity contribution in [1.29, 1.82) is 0 Å². The van der Waals surface area contributed by atoms with Gasteiger partial charge in [-0.25, -0.2) is 4.79 Å². The number of hydrogen-bond acceptors (Lipinski definition) is 3. The van der Waals surface area contributed by atoms with E-state index in [2.05, 4.69) is 31.4 Å². The lowest BCUT2D eigenvalue weighted by molar-refractivity contribution is 0.0514. The van der Waals surface area contributed by atoms with Gasteiger partial charge in [-0.15, -0.1) is 0 Å². The summed E-state index contributed by atoms with van der Waals surface area (Å²) in [5, 5.41) is 6.63. The second-order valence-corrected chi connectivity index (χ2v) is 8.04. The summed E-state index contributed by atoms with van der Waals surface area (Å²) in [6.45, 7) is 14.0. The zero-order valence-electron chi connectivity index (χ0n) is 14.7. The fourth-order valence-electron chi connectivity index (χ4n) is 2.78. The van der Waals surface area contributed by atoms with Gasteiger partial charge < -0.3 is 15.4 Å². The number of alkyl carbamates (subject to hydrolysis) is 1. The van der Waals surface area contributed by atoms with Crippen LogP contribution in [0.2, 0.25) is 0 Å². The number of amides is 1. The molecule has 1 saturated carbocycles. The molecule has 0 aromatic heterocycles. The lowest BCUT2D eigenvalue weighted by atomic mass is 9.93. The molecule has 0 saturated heterocycles. The minimum atomic E-state index is -0.438. The predicted octanol–water partition coefficient (Wildman–Crippen LogP) is 3.71. The van der Waals surface area contributed by atoms with Gasteiger partial charge in [0, 0.05) is 18.6 Å². The maximum atomic E-state index is 11.8. The van der Waals surface area contributed by atoms with Gasteiger partial charge in [-0.1, -0.05) is 26.7 Å². The quantitative estimate of drug-likeness (QED) is 0.786. The van der Waals surface area contributed by atoms with Crippen LogP contribution >= 0.6 is 0 Å². The first-order chi connectivity index (χ1) is 9.61. The first-order valence-corrected chi connectivity index (χ1v) is 8.33. The van der Waals surface area contributed by atoms with Crippen LogP contribution in [0.25, 0.3) is 0 Å². The van der Waals surface area contributed by atoms with Crippen LogP contribution in [-0.2, 0) is 4.74 Å². The number of ether oxygens (including phenoxy) is 1. The Hall–Kier alpha value is -0.770. The Kier molecular flexibility index (Phi) is 6.51. The van der Waals surface area contributed by atoms with Crippen molar-refractivity contribution >= 4 is 6.09 Å². The Bertz CT molecular complexity index is 328. The summed E-state index contributed by atoms with van der Waals surface area (Å²) in [5.41, 5.74) is -0.147. The summed E-state index contributed by atoms with van der Waals surface area (Å²) in [6.07, 6.45) is 4.85. The Labute approximate surface area is 130 Å². The van der Waals surface area contributed by atoms with Crippen molar-refractivity contribution in [3.05, 3.63) is 0 Å². The molecule has 4 nitrogen and oxygen atoms in total. The van der Waals surface area contributed by atoms with Crippen LogP contribution in [0.15, 0.2) is 0 Å². The standard InChI is InChI=1S/C17H34N2O2/c1-13(2)14(11-18-15(20)21-16(3,4)5)12-19-17(6)9-7-8-10-17/h13-14,19H,7-12H2,1-6H3,(H,18,20). The Balaban J connectivity index is 2.38. The summed E-state index contributed by atoms with van der Waals surface area (Å²) in [4.78, 5) is 11.8. The second kappa shape index (κ2) is 7.48. The normalized spacial score (nSPS) is 19.6. The summed E-state index contributed by atoms with van der Waals surface area (Å²) in [6, 6.07) is 0. The predicted molar refractivity (Wildman–Crippen MR) is 87.4 cm³/mol. The summed E-state index contributed by atoms with van der Waals surface area (Å²) >= 11 is 0. The topological polar surface area (TPSA) is 50.4 Å². The zero-order valence-corrected chi connectivity index (χ0v) is 14.7.